The van der Waals surface area contributed by atoms with Gasteiger partial charge in [0.05, 0.1) is 0 Å². The Bertz CT molecular complexity index is 1010. The van der Waals surface area contributed by atoms with Crippen molar-refractivity contribution in [3.63, 3.8) is 0 Å². The fourth-order valence-electron chi connectivity index (χ4n) is 4.21. The van der Waals surface area contributed by atoms with Gasteiger partial charge in [0, 0.05) is 11.5 Å². The maximum Gasteiger partial charge on any atom is 0.123 e. The van der Waals surface area contributed by atoms with Gasteiger partial charge in [-0.3, -0.25) is 0 Å². The minimum atomic E-state index is 0.341. The zero-order valence-corrected chi connectivity index (χ0v) is 13.3. The SMILES string of the molecule is Oc1ccccc1-c1ccc2ccccc2c1C1=CC2C=CC1C2. The van der Waals surface area contributed by atoms with Gasteiger partial charge >= 0.3 is 0 Å². The molecule has 5 rings (SSSR count). The van der Waals surface area contributed by atoms with Gasteiger partial charge in [-0.25, -0.2) is 0 Å². The Hall–Kier alpha value is -2.80. The quantitative estimate of drug-likeness (QED) is 0.593. The molecule has 3 aromatic rings. The number of hydrogen-bond acceptors (Lipinski definition) is 1. The molecule has 2 atom stereocenters. The minimum absolute atomic E-state index is 0.341. The topological polar surface area (TPSA) is 20.2 Å². The van der Waals surface area contributed by atoms with E-state index in [0.29, 0.717) is 17.6 Å². The molecule has 1 nitrogen and oxygen atoms in total. The van der Waals surface area contributed by atoms with Crippen molar-refractivity contribution in [2.75, 3.05) is 0 Å². The molecular weight excluding hydrogens is 292 g/mol. The van der Waals surface area contributed by atoms with Crippen LogP contribution >= 0.6 is 0 Å². The summed E-state index contributed by atoms with van der Waals surface area (Å²) in [7, 11) is 0. The van der Waals surface area contributed by atoms with Crippen LogP contribution in [0.2, 0.25) is 0 Å². The van der Waals surface area contributed by atoms with Gasteiger partial charge in [0.2, 0.25) is 0 Å². The monoisotopic (exact) mass is 310 g/mol. The van der Waals surface area contributed by atoms with Crippen LogP contribution < -0.4 is 0 Å². The Morgan fingerprint density at radius 2 is 1.62 bits per heavy atom. The van der Waals surface area contributed by atoms with E-state index in [-0.39, 0.29) is 0 Å². The molecule has 116 valence electrons. The molecule has 0 saturated carbocycles. The first-order valence-electron chi connectivity index (χ1n) is 8.52. The summed E-state index contributed by atoms with van der Waals surface area (Å²) >= 11 is 0. The second-order valence-electron chi connectivity index (χ2n) is 6.74. The molecule has 0 aromatic heterocycles. The second-order valence-corrected chi connectivity index (χ2v) is 6.74. The van der Waals surface area contributed by atoms with Gasteiger partial charge in [0.1, 0.15) is 5.75 Å². The van der Waals surface area contributed by atoms with Gasteiger partial charge in [0.15, 0.2) is 0 Å². The van der Waals surface area contributed by atoms with E-state index in [1.807, 2.05) is 18.2 Å². The van der Waals surface area contributed by atoms with Crippen molar-refractivity contribution >= 4 is 16.3 Å². The Labute approximate surface area is 141 Å². The van der Waals surface area contributed by atoms with Crippen molar-refractivity contribution in [2.24, 2.45) is 11.8 Å². The van der Waals surface area contributed by atoms with E-state index < -0.39 is 0 Å². The van der Waals surface area contributed by atoms with Gasteiger partial charge in [0.25, 0.3) is 0 Å². The summed E-state index contributed by atoms with van der Waals surface area (Å²) in [5, 5.41) is 12.9. The summed E-state index contributed by atoms with van der Waals surface area (Å²) in [5.74, 6) is 1.42. The number of benzene rings is 3. The van der Waals surface area contributed by atoms with E-state index in [4.69, 9.17) is 0 Å². The van der Waals surface area contributed by atoms with E-state index >= 15 is 0 Å². The van der Waals surface area contributed by atoms with E-state index in [1.165, 1.54) is 28.3 Å². The molecule has 2 aliphatic carbocycles. The third-order valence-corrected chi connectivity index (χ3v) is 5.32. The lowest BCUT2D eigenvalue weighted by atomic mass is 9.85. The number of phenolic OH excluding ortho intramolecular Hbond substituents is 1. The van der Waals surface area contributed by atoms with Crippen molar-refractivity contribution in [2.45, 2.75) is 6.42 Å². The smallest absolute Gasteiger partial charge is 0.123 e. The van der Waals surface area contributed by atoms with Gasteiger partial charge in [-0.1, -0.05) is 72.8 Å². The molecule has 0 heterocycles. The molecule has 0 saturated heterocycles. The first kappa shape index (κ1) is 13.6. The Balaban J connectivity index is 1.84. The molecule has 0 spiro atoms. The number of phenols is 1. The predicted octanol–water partition coefficient (Wildman–Crippen LogP) is 5.80. The van der Waals surface area contributed by atoms with Crippen molar-refractivity contribution < 1.29 is 5.11 Å². The maximum absolute atomic E-state index is 10.4. The first-order valence-corrected chi connectivity index (χ1v) is 8.52. The van der Waals surface area contributed by atoms with Gasteiger partial charge in [-0.15, -0.1) is 0 Å². The number of fused-ring (bicyclic) bond motifs is 3. The fraction of sp³-hybridized carbons (Fsp3) is 0.130. The van der Waals surface area contributed by atoms with Crippen LogP contribution in [-0.4, -0.2) is 5.11 Å². The summed E-state index contributed by atoms with van der Waals surface area (Å²) in [6.45, 7) is 0. The lowest BCUT2D eigenvalue weighted by molar-refractivity contribution is 0.477. The standard InChI is InChI=1S/C23H18O/c24-22-8-4-3-7-19(22)20-12-11-16-5-1-2-6-18(16)23(20)21-14-15-9-10-17(21)13-15/h1-12,14-15,17,24H,13H2. The fourth-order valence-corrected chi connectivity index (χ4v) is 4.21. The summed E-state index contributed by atoms with van der Waals surface area (Å²) in [6, 6.07) is 20.5. The molecule has 1 N–H and O–H groups in total. The second kappa shape index (κ2) is 5.10. The molecule has 2 unspecified atom stereocenters. The normalized spacial score (nSPS) is 21.4. The van der Waals surface area contributed by atoms with Gasteiger partial charge in [-0.05, 0) is 45.9 Å². The van der Waals surface area contributed by atoms with Crippen LogP contribution in [0.5, 0.6) is 5.75 Å². The molecule has 0 radical (unpaired) electrons. The van der Waals surface area contributed by atoms with E-state index in [1.54, 1.807) is 6.07 Å². The highest BCUT2D eigenvalue weighted by molar-refractivity contribution is 6.02. The van der Waals surface area contributed by atoms with Crippen LogP contribution in [0.3, 0.4) is 0 Å². The molecule has 2 bridgehead atoms. The molecule has 3 aromatic carbocycles. The Morgan fingerprint density at radius 1 is 0.792 bits per heavy atom. The zero-order chi connectivity index (χ0) is 16.1. The highest BCUT2D eigenvalue weighted by Crippen LogP contribution is 2.48. The van der Waals surface area contributed by atoms with Crippen molar-refractivity contribution in [1.29, 1.82) is 0 Å². The molecule has 2 aliphatic rings. The third-order valence-electron chi connectivity index (χ3n) is 5.32. The number of aromatic hydroxyl groups is 1. The maximum atomic E-state index is 10.4. The largest absolute Gasteiger partial charge is 0.507 e. The summed E-state index contributed by atoms with van der Waals surface area (Å²) in [4.78, 5) is 0. The molecule has 0 amide bonds. The van der Waals surface area contributed by atoms with Crippen LogP contribution in [0, 0.1) is 11.8 Å². The average Bonchev–Trinajstić information content (AvgIpc) is 3.24. The zero-order valence-electron chi connectivity index (χ0n) is 13.3. The van der Waals surface area contributed by atoms with Crippen molar-refractivity contribution in [3.8, 4) is 16.9 Å². The van der Waals surface area contributed by atoms with Crippen LogP contribution in [0.15, 0.2) is 78.9 Å². The lowest BCUT2D eigenvalue weighted by Gasteiger charge is -2.19. The lowest BCUT2D eigenvalue weighted by Crippen LogP contribution is -1.98. The number of hydrogen-bond donors (Lipinski definition) is 1. The van der Waals surface area contributed by atoms with E-state index in [0.717, 1.165) is 11.1 Å². The summed E-state index contributed by atoms with van der Waals surface area (Å²) in [6.07, 6.45) is 8.27. The molecule has 0 aliphatic heterocycles. The van der Waals surface area contributed by atoms with Crippen LogP contribution in [-0.2, 0) is 0 Å². The predicted molar refractivity (Wildman–Crippen MR) is 99.8 cm³/mol. The molecule has 0 fully saturated rings. The first-order chi connectivity index (χ1) is 11.8. The molecule has 24 heavy (non-hydrogen) atoms. The highest BCUT2D eigenvalue weighted by atomic mass is 16.3. The number of para-hydroxylation sites is 1. The average molecular weight is 310 g/mol. The molecular formula is C23H18O. The summed E-state index contributed by atoms with van der Waals surface area (Å²) < 4.78 is 0. The Kier molecular flexibility index (Phi) is 2.90. The summed E-state index contributed by atoms with van der Waals surface area (Å²) in [5.41, 5.74) is 4.73. The molecule has 1 heteroatoms. The Morgan fingerprint density at radius 3 is 2.42 bits per heavy atom. The van der Waals surface area contributed by atoms with Crippen LogP contribution in [0.4, 0.5) is 0 Å². The van der Waals surface area contributed by atoms with Crippen LogP contribution in [0.25, 0.3) is 27.5 Å². The number of allylic oxidation sites excluding steroid dienone is 4. The van der Waals surface area contributed by atoms with Gasteiger partial charge < -0.3 is 5.11 Å². The van der Waals surface area contributed by atoms with E-state index in [2.05, 4.69) is 54.6 Å². The van der Waals surface area contributed by atoms with Gasteiger partial charge in [-0.2, -0.15) is 0 Å². The van der Waals surface area contributed by atoms with Crippen molar-refractivity contribution in [3.05, 3.63) is 84.5 Å². The minimum Gasteiger partial charge on any atom is -0.507 e. The highest BCUT2D eigenvalue weighted by Gasteiger charge is 2.31. The van der Waals surface area contributed by atoms with Crippen molar-refractivity contribution in [1.82, 2.24) is 0 Å². The van der Waals surface area contributed by atoms with Crippen LogP contribution in [0.1, 0.15) is 12.0 Å². The number of rotatable bonds is 2. The van der Waals surface area contributed by atoms with E-state index in [9.17, 15) is 5.11 Å². The third kappa shape index (κ3) is 1.94.